The molecule has 0 amide bonds. The zero-order valence-electron chi connectivity index (χ0n) is 10.9. The first-order chi connectivity index (χ1) is 9.99. The number of aromatic nitrogens is 4. The maximum Gasteiger partial charge on any atom is 0.303 e. The van der Waals surface area contributed by atoms with E-state index in [4.69, 9.17) is 5.26 Å². The molecule has 7 heteroatoms. The van der Waals surface area contributed by atoms with E-state index in [0.29, 0.717) is 27.7 Å². The van der Waals surface area contributed by atoms with Crippen molar-refractivity contribution in [1.29, 1.82) is 5.26 Å². The van der Waals surface area contributed by atoms with Gasteiger partial charge in [-0.15, -0.1) is 0 Å². The molecule has 104 valence electrons. The fourth-order valence-electron chi connectivity index (χ4n) is 2.03. The van der Waals surface area contributed by atoms with Gasteiger partial charge in [-0.05, 0) is 12.1 Å². The number of H-pyrrole nitrogens is 1. The summed E-state index contributed by atoms with van der Waals surface area (Å²) in [6.45, 7) is 0.740. The van der Waals surface area contributed by atoms with E-state index in [0.717, 1.165) is 6.92 Å². The number of nitriles is 1. The van der Waals surface area contributed by atoms with Crippen molar-refractivity contribution < 1.29 is 8.78 Å². The van der Waals surface area contributed by atoms with Crippen molar-refractivity contribution in [3.8, 4) is 17.2 Å². The van der Waals surface area contributed by atoms with Crippen LogP contribution in [-0.2, 0) is 5.92 Å². The van der Waals surface area contributed by atoms with E-state index in [-0.39, 0.29) is 0 Å². The summed E-state index contributed by atoms with van der Waals surface area (Å²) < 4.78 is 26.3. The third-order valence-electron chi connectivity index (χ3n) is 3.01. The zero-order chi connectivity index (χ0) is 15.0. The normalized spacial score (nSPS) is 11.5. The van der Waals surface area contributed by atoms with Crippen LogP contribution in [0.4, 0.5) is 8.78 Å². The Labute approximate surface area is 118 Å². The topological polar surface area (TPSA) is 78.2 Å². The first-order valence-corrected chi connectivity index (χ1v) is 6.07. The van der Waals surface area contributed by atoms with Crippen molar-refractivity contribution in [3.05, 3.63) is 42.2 Å². The lowest BCUT2D eigenvalue weighted by molar-refractivity contribution is 0.00770. The van der Waals surface area contributed by atoms with Crippen LogP contribution in [-0.4, -0.2) is 19.9 Å². The molecule has 2 aromatic heterocycles. The van der Waals surface area contributed by atoms with Gasteiger partial charge in [0, 0.05) is 30.4 Å². The second-order valence-electron chi connectivity index (χ2n) is 4.62. The fraction of sp³-hybridized carbons (Fsp3) is 0.143. The molecule has 0 radical (unpaired) electrons. The number of alkyl halides is 2. The number of nitrogens with one attached hydrogen (secondary N) is 1. The summed E-state index contributed by atoms with van der Waals surface area (Å²) in [4.78, 5) is 14.5. The Morgan fingerprint density at radius 2 is 1.90 bits per heavy atom. The van der Waals surface area contributed by atoms with Gasteiger partial charge in [-0.25, -0.2) is 15.0 Å². The lowest BCUT2D eigenvalue weighted by Gasteiger charge is -2.09. The molecule has 0 atom stereocenters. The van der Waals surface area contributed by atoms with E-state index in [1.54, 1.807) is 12.1 Å². The highest BCUT2D eigenvalue weighted by Crippen LogP contribution is 2.29. The lowest BCUT2D eigenvalue weighted by Crippen LogP contribution is -2.12. The molecule has 2 heterocycles. The van der Waals surface area contributed by atoms with Gasteiger partial charge in [-0.2, -0.15) is 14.0 Å². The quantitative estimate of drug-likeness (QED) is 0.785. The smallest absolute Gasteiger partial charge is 0.303 e. The van der Waals surface area contributed by atoms with Gasteiger partial charge in [0.25, 0.3) is 0 Å². The van der Waals surface area contributed by atoms with Crippen LogP contribution in [0.1, 0.15) is 18.3 Å². The van der Waals surface area contributed by atoms with E-state index in [9.17, 15) is 8.78 Å². The molecule has 0 aliphatic carbocycles. The van der Waals surface area contributed by atoms with Crippen LogP contribution in [0.2, 0.25) is 0 Å². The Hall–Kier alpha value is -2.88. The third-order valence-corrected chi connectivity index (χ3v) is 3.01. The summed E-state index contributed by atoms with van der Waals surface area (Å²) in [6.07, 6.45) is 4.12. The number of nitrogens with zero attached hydrogens (tertiary/aromatic N) is 4. The average molecular weight is 285 g/mol. The summed E-state index contributed by atoms with van der Waals surface area (Å²) >= 11 is 0. The van der Waals surface area contributed by atoms with Crippen LogP contribution in [0, 0.1) is 11.3 Å². The molecular weight excluding hydrogens is 276 g/mol. The molecule has 0 aliphatic rings. The van der Waals surface area contributed by atoms with Gasteiger partial charge in [0.1, 0.15) is 0 Å². The Kier molecular flexibility index (Phi) is 2.87. The van der Waals surface area contributed by atoms with Crippen LogP contribution in [0.25, 0.3) is 22.2 Å². The molecular formula is C14H9F2N5. The molecule has 0 aliphatic heterocycles. The van der Waals surface area contributed by atoms with E-state index < -0.39 is 11.7 Å². The molecule has 0 saturated carbocycles. The minimum Gasteiger partial charge on any atom is -0.345 e. The summed E-state index contributed by atoms with van der Waals surface area (Å²) in [7, 11) is 0. The monoisotopic (exact) mass is 285 g/mol. The van der Waals surface area contributed by atoms with Crippen LogP contribution >= 0.6 is 0 Å². The summed E-state index contributed by atoms with van der Waals surface area (Å²) in [6, 6.07) is 5.34. The van der Waals surface area contributed by atoms with Gasteiger partial charge in [-0.3, -0.25) is 0 Å². The maximum atomic E-state index is 13.1. The standard InChI is InChI=1S/C14H9F2N5/c1-14(15,16)13-18-5-9(6-19-13)10-2-8(4-17)3-11-12(10)21-7-20-11/h2-3,5-7H,1H3,(H,20,21). The van der Waals surface area contributed by atoms with Gasteiger partial charge >= 0.3 is 5.92 Å². The van der Waals surface area contributed by atoms with Crippen LogP contribution in [0.15, 0.2) is 30.9 Å². The molecule has 5 nitrogen and oxygen atoms in total. The summed E-state index contributed by atoms with van der Waals surface area (Å²) in [5, 5.41) is 9.04. The van der Waals surface area contributed by atoms with Crippen molar-refractivity contribution in [2.45, 2.75) is 12.8 Å². The number of benzene rings is 1. The minimum atomic E-state index is -3.09. The van der Waals surface area contributed by atoms with E-state index >= 15 is 0 Å². The highest BCUT2D eigenvalue weighted by Gasteiger charge is 2.27. The number of imidazole rings is 1. The van der Waals surface area contributed by atoms with E-state index in [1.807, 2.05) is 6.07 Å². The van der Waals surface area contributed by atoms with Crippen LogP contribution in [0.3, 0.4) is 0 Å². The fourth-order valence-corrected chi connectivity index (χ4v) is 2.03. The second-order valence-corrected chi connectivity index (χ2v) is 4.62. The molecule has 1 N–H and O–H groups in total. The highest BCUT2D eigenvalue weighted by atomic mass is 19.3. The minimum absolute atomic E-state index is 0.437. The van der Waals surface area contributed by atoms with Crippen molar-refractivity contribution in [1.82, 2.24) is 19.9 Å². The van der Waals surface area contributed by atoms with Gasteiger partial charge in [0.05, 0.1) is 29.0 Å². The largest absolute Gasteiger partial charge is 0.345 e. The highest BCUT2D eigenvalue weighted by molar-refractivity contribution is 5.92. The Balaban J connectivity index is 2.16. The molecule has 3 rings (SSSR count). The Morgan fingerprint density at radius 3 is 2.52 bits per heavy atom. The predicted octanol–water partition coefficient (Wildman–Crippen LogP) is 3.00. The number of halogens is 2. The Bertz CT molecular complexity index is 840. The molecule has 0 spiro atoms. The van der Waals surface area contributed by atoms with E-state index in [1.165, 1.54) is 18.7 Å². The van der Waals surface area contributed by atoms with E-state index in [2.05, 4.69) is 19.9 Å². The van der Waals surface area contributed by atoms with Crippen LogP contribution in [0.5, 0.6) is 0 Å². The van der Waals surface area contributed by atoms with Gasteiger partial charge in [-0.1, -0.05) is 0 Å². The number of fused-ring (bicyclic) bond motifs is 1. The molecule has 0 saturated heterocycles. The van der Waals surface area contributed by atoms with Gasteiger partial charge in [0.2, 0.25) is 0 Å². The predicted molar refractivity (Wildman–Crippen MR) is 71.4 cm³/mol. The van der Waals surface area contributed by atoms with Crippen molar-refractivity contribution >= 4 is 11.0 Å². The zero-order valence-corrected chi connectivity index (χ0v) is 10.9. The average Bonchev–Trinajstić information content (AvgIpc) is 2.93. The second kappa shape index (κ2) is 4.59. The van der Waals surface area contributed by atoms with Crippen molar-refractivity contribution in [3.63, 3.8) is 0 Å². The summed E-state index contributed by atoms with van der Waals surface area (Å²) in [5.41, 5.74) is 2.91. The number of hydrogen-bond donors (Lipinski definition) is 1. The van der Waals surface area contributed by atoms with Crippen molar-refractivity contribution in [2.24, 2.45) is 0 Å². The molecule has 1 aromatic carbocycles. The lowest BCUT2D eigenvalue weighted by atomic mass is 10.0. The van der Waals surface area contributed by atoms with Gasteiger partial charge < -0.3 is 4.98 Å². The molecule has 21 heavy (non-hydrogen) atoms. The molecule has 0 fully saturated rings. The van der Waals surface area contributed by atoms with Crippen LogP contribution < -0.4 is 0 Å². The first-order valence-electron chi connectivity index (χ1n) is 6.07. The molecule has 0 bridgehead atoms. The van der Waals surface area contributed by atoms with Crippen molar-refractivity contribution in [2.75, 3.05) is 0 Å². The number of hydrogen-bond acceptors (Lipinski definition) is 4. The maximum absolute atomic E-state index is 13.1. The van der Waals surface area contributed by atoms with Gasteiger partial charge in [0.15, 0.2) is 5.82 Å². The third kappa shape index (κ3) is 2.31. The number of rotatable bonds is 2. The summed E-state index contributed by atoms with van der Waals surface area (Å²) in [5.74, 6) is -3.63. The first kappa shape index (κ1) is 13.1. The molecule has 0 unspecified atom stereocenters. The molecule has 3 aromatic rings. The number of aromatic amines is 1. The SMILES string of the molecule is CC(F)(F)c1ncc(-c2cc(C#N)cc3[nH]cnc23)cn1. The Morgan fingerprint density at radius 1 is 1.19 bits per heavy atom.